The van der Waals surface area contributed by atoms with Crippen molar-refractivity contribution >= 4 is 5.69 Å². The fourth-order valence-corrected chi connectivity index (χ4v) is 3.14. The molecule has 0 radical (unpaired) electrons. The van der Waals surface area contributed by atoms with Crippen molar-refractivity contribution in [2.75, 3.05) is 38.2 Å². The average molecular weight is 246 g/mol. The van der Waals surface area contributed by atoms with E-state index in [0.29, 0.717) is 6.10 Å². The van der Waals surface area contributed by atoms with E-state index in [0.717, 1.165) is 45.4 Å². The molecule has 0 amide bonds. The molecule has 98 valence electrons. The lowest BCUT2D eigenvalue weighted by atomic mass is 9.88. The van der Waals surface area contributed by atoms with E-state index in [1.807, 2.05) is 7.11 Å². The number of benzene rings is 1. The molecule has 1 aliphatic heterocycles. The number of ether oxygens (including phenoxy) is 1. The lowest BCUT2D eigenvalue weighted by Gasteiger charge is -2.34. The average Bonchev–Trinajstić information content (AvgIpc) is 2.47. The lowest BCUT2D eigenvalue weighted by molar-refractivity contribution is 0.0912. The van der Waals surface area contributed by atoms with Gasteiger partial charge in [0, 0.05) is 45.4 Å². The second kappa shape index (κ2) is 5.29. The van der Waals surface area contributed by atoms with Crippen LogP contribution in [0.2, 0.25) is 0 Å². The van der Waals surface area contributed by atoms with Gasteiger partial charge < -0.3 is 15.0 Å². The molecule has 1 heterocycles. The maximum Gasteiger partial charge on any atom is 0.0615 e. The number of methoxy groups -OCH3 is 1. The standard InChI is InChI=1S/C15H22N2O/c1-18-13-6-5-12-3-2-4-15(14(12)11-13)17-9-7-16-8-10-17/h2-4,13,16H,5-11H2,1H3. The summed E-state index contributed by atoms with van der Waals surface area (Å²) < 4.78 is 5.56. The number of hydrogen-bond donors (Lipinski definition) is 1. The zero-order valence-corrected chi connectivity index (χ0v) is 11.1. The molecule has 1 fully saturated rings. The Hall–Kier alpha value is -1.06. The van der Waals surface area contributed by atoms with Crippen molar-refractivity contribution in [3.8, 4) is 0 Å². The number of anilines is 1. The molecular formula is C15H22N2O. The van der Waals surface area contributed by atoms with Crippen LogP contribution in [-0.2, 0) is 17.6 Å². The van der Waals surface area contributed by atoms with Crippen LogP contribution in [0.25, 0.3) is 0 Å². The third-order valence-corrected chi connectivity index (χ3v) is 4.21. The Bertz CT molecular complexity index is 413. The minimum Gasteiger partial charge on any atom is -0.381 e. The highest BCUT2D eigenvalue weighted by Crippen LogP contribution is 2.31. The van der Waals surface area contributed by atoms with Crippen molar-refractivity contribution < 1.29 is 4.74 Å². The van der Waals surface area contributed by atoms with Crippen LogP contribution >= 0.6 is 0 Å². The van der Waals surface area contributed by atoms with Gasteiger partial charge in [-0.15, -0.1) is 0 Å². The van der Waals surface area contributed by atoms with E-state index in [1.165, 1.54) is 16.8 Å². The predicted octanol–water partition coefficient (Wildman–Crippen LogP) is 1.60. The van der Waals surface area contributed by atoms with Gasteiger partial charge in [0.2, 0.25) is 0 Å². The molecule has 1 N–H and O–H groups in total. The molecule has 0 bridgehead atoms. The first kappa shape index (κ1) is 12.0. The summed E-state index contributed by atoms with van der Waals surface area (Å²) in [5, 5.41) is 3.42. The Morgan fingerprint density at radius 1 is 1.28 bits per heavy atom. The van der Waals surface area contributed by atoms with Crippen molar-refractivity contribution in [1.82, 2.24) is 5.32 Å². The summed E-state index contributed by atoms with van der Waals surface area (Å²) in [6.45, 7) is 4.43. The second-order valence-electron chi connectivity index (χ2n) is 5.25. The van der Waals surface area contributed by atoms with Gasteiger partial charge in [-0.1, -0.05) is 12.1 Å². The largest absolute Gasteiger partial charge is 0.381 e. The quantitative estimate of drug-likeness (QED) is 0.858. The summed E-state index contributed by atoms with van der Waals surface area (Å²) >= 11 is 0. The Kier molecular flexibility index (Phi) is 3.52. The second-order valence-corrected chi connectivity index (χ2v) is 5.25. The third-order valence-electron chi connectivity index (χ3n) is 4.21. The fourth-order valence-electron chi connectivity index (χ4n) is 3.14. The molecule has 3 heteroatoms. The zero-order chi connectivity index (χ0) is 12.4. The number of rotatable bonds is 2. The number of aryl methyl sites for hydroxylation is 1. The van der Waals surface area contributed by atoms with E-state index in [4.69, 9.17) is 4.74 Å². The molecule has 0 aromatic heterocycles. The monoisotopic (exact) mass is 246 g/mol. The van der Waals surface area contributed by atoms with Gasteiger partial charge in [-0.3, -0.25) is 0 Å². The number of nitrogens with zero attached hydrogens (tertiary/aromatic N) is 1. The number of hydrogen-bond acceptors (Lipinski definition) is 3. The fraction of sp³-hybridized carbons (Fsp3) is 0.600. The lowest BCUT2D eigenvalue weighted by Crippen LogP contribution is -2.44. The van der Waals surface area contributed by atoms with E-state index in [1.54, 1.807) is 0 Å². The molecular weight excluding hydrogens is 224 g/mol. The van der Waals surface area contributed by atoms with Crippen LogP contribution < -0.4 is 10.2 Å². The summed E-state index contributed by atoms with van der Waals surface area (Å²) in [6.07, 6.45) is 3.80. The summed E-state index contributed by atoms with van der Waals surface area (Å²) in [6, 6.07) is 6.78. The van der Waals surface area contributed by atoms with E-state index >= 15 is 0 Å². The molecule has 3 nitrogen and oxygen atoms in total. The van der Waals surface area contributed by atoms with Crippen molar-refractivity contribution in [2.45, 2.75) is 25.4 Å². The molecule has 1 unspecified atom stereocenters. The van der Waals surface area contributed by atoms with E-state index < -0.39 is 0 Å². The topological polar surface area (TPSA) is 24.5 Å². The van der Waals surface area contributed by atoms with Crippen molar-refractivity contribution in [3.63, 3.8) is 0 Å². The van der Waals surface area contributed by atoms with Crippen LogP contribution in [0.1, 0.15) is 17.5 Å². The van der Waals surface area contributed by atoms with Crippen LogP contribution in [-0.4, -0.2) is 39.4 Å². The van der Waals surface area contributed by atoms with Gasteiger partial charge in [0.05, 0.1) is 6.10 Å². The van der Waals surface area contributed by atoms with Gasteiger partial charge in [0.1, 0.15) is 0 Å². The smallest absolute Gasteiger partial charge is 0.0615 e. The summed E-state index contributed by atoms with van der Waals surface area (Å²) in [5.74, 6) is 0. The van der Waals surface area contributed by atoms with Gasteiger partial charge in [-0.05, 0) is 30.0 Å². The Labute approximate surface area is 109 Å². The molecule has 0 spiro atoms. The molecule has 3 rings (SSSR count). The van der Waals surface area contributed by atoms with Crippen LogP contribution in [0.4, 0.5) is 5.69 Å². The Morgan fingerprint density at radius 3 is 2.89 bits per heavy atom. The van der Waals surface area contributed by atoms with Gasteiger partial charge in [0.25, 0.3) is 0 Å². The SMILES string of the molecule is COC1CCc2cccc(N3CCNCC3)c2C1. The molecule has 1 aromatic carbocycles. The normalized spacial score (nSPS) is 23.8. The van der Waals surface area contributed by atoms with E-state index in [2.05, 4.69) is 28.4 Å². The number of piperazine rings is 1. The van der Waals surface area contributed by atoms with Gasteiger partial charge >= 0.3 is 0 Å². The number of nitrogens with one attached hydrogen (secondary N) is 1. The number of fused-ring (bicyclic) bond motifs is 1. The van der Waals surface area contributed by atoms with E-state index in [-0.39, 0.29) is 0 Å². The summed E-state index contributed by atoms with van der Waals surface area (Å²) in [5.41, 5.74) is 4.49. The maximum absolute atomic E-state index is 5.56. The minimum absolute atomic E-state index is 0.404. The highest BCUT2D eigenvalue weighted by atomic mass is 16.5. The molecule has 1 saturated heterocycles. The molecule has 2 aliphatic rings. The maximum atomic E-state index is 5.56. The Balaban J connectivity index is 1.90. The van der Waals surface area contributed by atoms with Crippen LogP contribution in [0.5, 0.6) is 0 Å². The third kappa shape index (κ3) is 2.25. The van der Waals surface area contributed by atoms with Crippen molar-refractivity contribution in [3.05, 3.63) is 29.3 Å². The van der Waals surface area contributed by atoms with Gasteiger partial charge in [0.15, 0.2) is 0 Å². The van der Waals surface area contributed by atoms with Gasteiger partial charge in [-0.2, -0.15) is 0 Å². The van der Waals surface area contributed by atoms with Crippen LogP contribution in [0, 0.1) is 0 Å². The first-order valence-corrected chi connectivity index (χ1v) is 6.97. The minimum atomic E-state index is 0.404. The zero-order valence-electron chi connectivity index (χ0n) is 11.1. The highest BCUT2D eigenvalue weighted by molar-refractivity contribution is 5.58. The van der Waals surface area contributed by atoms with Gasteiger partial charge in [-0.25, -0.2) is 0 Å². The first-order chi connectivity index (χ1) is 8.88. The molecule has 0 saturated carbocycles. The molecule has 1 aliphatic carbocycles. The predicted molar refractivity (Wildman–Crippen MR) is 74.3 cm³/mol. The summed E-state index contributed by atoms with van der Waals surface area (Å²) in [4.78, 5) is 2.52. The Morgan fingerprint density at radius 2 is 2.11 bits per heavy atom. The summed E-state index contributed by atoms with van der Waals surface area (Å²) in [7, 11) is 1.84. The van der Waals surface area contributed by atoms with Crippen LogP contribution in [0.3, 0.4) is 0 Å². The highest BCUT2D eigenvalue weighted by Gasteiger charge is 2.23. The molecule has 18 heavy (non-hydrogen) atoms. The van der Waals surface area contributed by atoms with E-state index in [9.17, 15) is 0 Å². The first-order valence-electron chi connectivity index (χ1n) is 6.97. The van der Waals surface area contributed by atoms with Crippen molar-refractivity contribution in [1.29, 1.82) is 0 Å². The molecule has 1 aromatic rings. The molecule has 1 atom stereocenters. The van der Waals surface area contributed by atoms with Crippen LogP contribution in [0.15, 0.2) is 18.2 Å². The van der Waals surface area contributed by atoms with Crippen molar-refractivity contribution in [2.24, 2.45) is 0 Å².